The molecule has 1 aromatic carbocycles. The third kappa shape index (κ3) is 8.35. The minimum atomic E-state index is 0. The molecule has 166 valence electrons. The normalized spacial score (nSPS) is 10.9. The summed E-state index contributed by atoms with van der Waals surface area (Å²) in [5, 5.41) is 6.72. The number of hydrogen-bond donors (Lipinski definition) is 2. The molecule has 0 aliphatic heterocycles. The highest BCUT2D eigenvalue weighted by Gasteiger charge is 2.08. The number of anilines is 1. The summed E-state index contributed by atoms with van der Waals surface area (Å²) in [6, 6.07) is 10.3. The Balaban J connectivity index is 0.00000450. The highest BCUT2D eigenvalue weighted by atomic mass is 127. The second-order valence-corrected chi connectivity index (χ2v) is 6.97. The molecule has 1 heterocycles. The Morgan fingerprint density at radius 1 is 1.10 bits per heavy atom. The van der Waals surface area contributed by atoms with Crippen LogP contribution >= 0.6 is 24.0 Å². The summed E-state index contributed by atoms with van der Waals surface area (Å²) in [6.45, 7) is 4.64. The fraction of sp³-hybridized carbons (Fsp3) is 0.455. The molecule has 0 saturated heterocycles. The van der Waals surface area contributed by atoms with Crippen molar-refractivity contribution < 1.29 is 9.47 Å². The van der Waals surface area contributed by atoms with Gasteiger partial charge in [-0.1, -0.05) is 18.2 Å². The number of hydrogen-bond acceptors (Lipinski definition) is 5. The minimum absolute atomic E-state index is 0. The Morgan fingerprint density at radius 2 is 1.83 bits per heavy atom. The molecule has 0 spiro atoms. The van der Waals surface area contributed by atoms with Crippen LogP contribution in [0.1, 0.15) is 23.1 Å². The molecule has 0 aliphatic carbocycles. The average Bonchev–Trinajstić information content (AvgIpc) is 2.72. The van der Waals surface area contributed by atoms with E-state index >= 15 is 0 Å². The molecule has 2 aromatic rings. The van der Waals surface area contributed by atoms with Gasteiger partial charge in [0, 0.05) is 71.7 Å². The highest BCUT2D eigenvalue weighted by Crippen LogP contribution is 2.20. The van der Waals surface area contributed by atoms with E-state index in [1.54, 1.807) is 20.4 Å². The van der Waals surface area contributed by atoms with E-state index in [1.165, 1.54) is 5.56 Å². The van der Waals surface area contributed by atoms with E-state index in [-0.39, 0.29) is 24.0 Å². The first-order chi connectivity index (χ1) is 14.0. The maximum atomic E-state index is 5.96. The summed E-state index contributed by atoms with van der Waals surface area (Å²) in [7, 11) is 7.45. The second kappa shape index (κ2) is 14.0. The lowest BCUT2D eigenvalue weighted by atomic mass is 10.1. The zero-order valence-corrected chi connectivity index (χ0v) is 20.9. The topological polar surface area (TPSA) is 71.0 Å². The average molecular weight is 527 g/mol. The maximum absolute atomic E-state index is 5.96. The van der Waals surface area contributed by atoms with E-state index < -0.39 is 0 Å². The fourth-order valence-corrected chi connectivity index (χ4v) is 2.88. The lowest BCUT2D eigenvalue weighted by Crippen LogP contribution is -2.36. The summed E-state index contributed by atoms with van der Waals surface area (Å²) in [5.41, 5.74) is 3.37. The van der Waals surface area contributed by atoms with Gasteiger partial charge in [0.25, 0.3) is 0 Å². The van der Waals surface area contributed by atoms with Crippen LogP contribution in [0.4, 0.5) is 5.82 Å². The predicted octanol–water partition coefficient (Wildman–Crippen LogP) is 3.35. The first-order valence-corrected chi connectivity index (χ1v) is 9.82. The van der Waals surface area contributed by atoms with Gasteiger partial charge in [0.2, 0.25) is 0 Å². The van der Waals surface area contributed by atoms with Crippen LogP contribution < -0.4 is 20.3 Å². The van der Waals surface area contributed by atoms with Crippen molar-refractivity contribution in [3.05, 3.63) is 53.2 Å². The molecule has 30 heavy (non-hydrogen) atoms. The van der Waals surface area contributed by atoms with Crippen molar-refractivity contribution in [1.29, 1.82) is 0 Å². The molecule has 0 aliphatic rings. The molecule has 0 bridgehead atoms. The lowest BCUT2D eigenvalue weighted by Gasteiger charge is -2.18. The van der Waals surface area contributed by atoms with Gasteiger partial charge in [0.15, 0.2) is 5.96 Å². The van der Waals surface area contributed by atoms with Crippen LogP contribution in [0.5, 0.6) is 5.75 Å². The minimum Gasteiger partial charge on any atom is -0.493 e. The quantitative estimate of drug-likeness (QED) is 0.214. The van der Waals surface area contributed by atoms with E-state index in [1.807, 2.05) is 25.1 Å². The molecule has 0 unspecified atom stereocenters. The number of halogens is 1. The zero-order valence-electron chi connectivity index (χ0n) is 18.6. The van der Waals surface area contributed by atoms with Gasteiger partial charge in [0.1, 0.15) is 11.6 Å². The molecular weight excluding hydrogens is 493 g/mol. The monoisotopic (exact) mass is 527 g/mol. The molecule has 8 heteroatoms. The predicted molar refractivity (Wildman–Crippen MR) is 134 cm³/mol. The molecule has 2 N–H and O–H groups in total. The number of methoxy groups -OCH3 is 1. The Bertz CT molecular complexity index is 799. The van der Waals surface area contributed by atoms with Crippen molar-refractivity contribution in [1.82, 2.24) is 15.6 Å². The number of rotatable bonds is 10. The van der Waals surface area contributed by atoms with Gasteiger partial charge in [-0.05, 0) is 24.6 Å². The van der Waals surface area contributed by atoms with Crippen LogP contribution in [0.15, 0.2) is 41.5 Å². The summed E-state index contributed by atoms with van der Waals surface area (Å²) < 4.78 is 11.1. The third-order valence-electron chi connectivity index (χ3n) is 4.38. The van der Waals surface area contributed by atoms with E-state index in [0.29, 0.717) is 26.3 Å². The fourth-order valence-electron chi connectivity index (χ4n) is 2.88. The van der Waals surface area contributed by atoms with Gasteiger partial charge in [-0.3, -0.25) is 4.99 Å². The van der Waals surface area contributed by atoms with Gasteiger partial charge < -0.3 is 25.0 Å². The van der Waals surface area contributed by atoms with Crippen molar-refractivity contribution in [2.75, 3.05) is 46.4 Å². The van der Waals surface area contributed by atoms with Crippen LogP contribution in [0, 0.1) is 6.92 Å². The van der Waals surface area contributed by atoms with Gasteiger partial charge in [-0.15, -0.1) is 24.0 Å². The molecular formula is C22H34IN5O2. The summed E-state index contributed by atoms with van der Waals surface area (Å²) in [4.78, 5) is 10.8. The molecule has 0 radical (unpaired) electrons. The van der Waals surface area contributed by atoms with E-state index in [9.17, 15) is 0 Å². The van der Waals surface area contributed by atoms with Gasteiger partial charge in [-0.25, -0.2) is 4.98 Å². The molecule has 1 aromatic heterocycles. The van der Waals surface area contributed by atoms with Crippen LogP contribution in [0.2, 0.25) is 0 Å². The van der Waals surface area contributed by atoms with E-state index in [2.05, 4.69) is 51.8 Å². The second-order valence-electron chi connectivity index (χ2n) is 6.97. The van der Waals surface area contributed by atoms with Gasteiger partial charge in [0.05, 0.1) is 6.61 Å². The van der Waals surface area contributed by atoms with Crippen LogP contribution in [0.3, 0.4) is 0 Å². The van der Waals surface area contributed by atoms with Crippen molar-refractivity contribution in [2.45, 2.75) is 26.4 Å². The summed E-state index contributed by atoms with van der Waals surface area (Å²) >= 11 is 0. The Hall–Kier alpha value is -2.07. The molecule has 0 atom stereocenters. The number of nitrogens with zero attached hydrogens (tertiary/aromatic N) is 3. The third-order valence-corrected chi connectivity index (χ3v) is 4.38. The number of guanidine groups is 1. The highest BCUT2D eigenvalue weighted by molar-refractivity contribution is 14.0. The van der Waals surface area contributed by atoms with Crippen molar-refractivity contribution >= 4 is 35.8 Å². The Labute approximate surface area is 197 Å². The van der Waals surface area contributed by atoms with Crippen LogP contribution in [0.25, 0.3) is 0 Å². The largest absolute Gasteiger partial charge is 0.493 e. The first-order valence-electron chi connectivity index (χ1n) is 9.82. The standard InChI is InChI=1S/C22H33N5O2.HI/c1-17-9-10-18(20(14-17)29-13-7-12-28-5)15-25-22(23-2)26-16-19-8-6-11-24-21(19)27(3)4;/h6,8-11,14H,7,12-13,15-16H2,1-5H3,(H2,23,25,26);1H. The Kier molecular flexibility index (Phi) is 12.1. The van der Waals surface area contributed by atoms with Crippen molar-refractivity contribution in [3.63, 3.8) is 0 Å². The molecule has 0 amide bonds. The number of aryl methyl sites for hydroxylation is 1. The zero-order chi connectivity index (χ0) is 21.1. The number of pyridine rings is 1. The maximum Gasteiger partial charge on any atom is 0.191 e. The summed E-state index contributed by atoms with van der Waals surface area (Å²) in [6.07, 6.45) is 2.66. The van der Waals surface area contributed by atoms with Crippen molar-refractivity contribution in [2.24, 2.45) is 4.99 Å². The molecule has 0 saturated carbocycles. The molecule has 2 rings (SSSR count). The number of benzene rings is 1. The van der Waals surface area contributed by atoms with E-state index in [0.717, 1.165) is 35.1 Å². The SMILES string of the molecule is CN=C(NCc1ccc(C)cc1OCCCOC)NCc1cccnc1N(C)C.I. The number of aromatic nitrogens is 1. The van der Waals surface area contributed by atoms with Crippen LogP contribution in [-0.4, -0.2) is 52.4 Å². The first kappa shape index (κ1) is 26.0. The van der Waals surface area contributed by atoms with Crippen molar-refractivity contribution in [3.8, 4) is 5.75 Å². The molecule has 0 fully saturated rings. The van der Waals surface area contributed by atoms with E-state index in [4.69, 9.17) is 9.47 Å². The number of aliphatic imine (C=N–C) groups is 1. The number of ether oxygens (including phenoxy) is 2. The van der Waals surface area contributed by atoms with Gasteiger partial charge in [-0.2, -0.15) is 0 Å². The smallest absolute Gasteiger partial charge is 0.191 e. The number of nitrogens with one attached hydrogen (secondary N) is 2. The lowest BCUT2D eigenvalue weighted by molar-refractivity contribution is 0.171. The van der Waals surface area contributed by atoms with Crippen LogP contribution in [-0.2, 0) is 17.8 Å². The van der Waals surface area contributed by atoms with Gasteiger partial charge >= 0.3 is 0 Å². The summed E-state index contributed by atoms with van der Waals surface area (Å²) in [5.74, 6) is 2.57. The molecule has 7 nitrogen and oxygen atoms in total. The Morgan fingerprint density at radius 3 is 2.50 bits per heavy atom.